The predicted octanol–water partition coefficient (Wildman–Crippen LogP) is 0.601. The number of methoxy groups -OCH3 is 1. The number of nitrogens with zero attached hydrogens (tertiary/aromatic N) is 4. The van der Waals surface area contributed by atoms with Gasteiger partial charge < -0.3 is 24.7 Å². The molecule has 1 aromatic heterocycles. The van der Waals surface area contributed by atoms with E-state index < -0.39 is 22.6 Å². The van der Waals surface area contributed by atoms with Gasteiger partial charge in [0.05, 0.1) is 4.92 Å². The van der Waals surface area contributed by atoms with Crippen molar-refractivity contribution in [2.45, 2.75) is 25.5 Å². The standard InChI is InChI=1S/C14H19ClN4O5/c1-4-18(8-9-5-6-10(15)16-7-9)13-11(19(22)23)12(20)14(21,24-3)17(13)2/h5-7,12,20-21H,4,8H2,1-3H3. The molecule has 1 aliphatic heterocycles. The fourth-order valence-corrected chi connectivity index (χ4v) is 2.78. The van der Waals surface area contributed by atoms with Gasteiger partial charge in [0, 0.05) is 33.4 Å². The maximum absolute atomic E-state index is 11.4. The van der Waals surface area contributed by atoms with E-state index in [-0.39, 0.29) is 12.4 Å². The molecule has 0 fully saturated rings. The van der Waals surface area contributed by atoms with Crippen LogP contribution in [0.1, 0.15) is 12.5 Å². The number of rotatable bonds is 6. The Morgan fingerprint density at radius 1 is 1.58 bits per heavy atom. The molecule has 132 valence electrons. The van der Waals surface area contributed by atoms with Crippen molar-refractivity contribution < 1.29 is 19.9 Å². The Labute approximate surface area is 143 Å². The fourth-order valence-electron chi connectivity index (χ4n) is 2.67. The Morgan fingerprint density at radius 3 is 2.71 bits per heavy atom. The number of pyridine rings is 1. The summed E-state index contributed by atoms with van der Waals surface area (Å²) in [5.41, 5.74) is 0.248. The van der Waals surface area contributed by atoms with E-state index in [2.05, 4.69) is 4.98 Å². The minimum absolute atomic E-state index is 0.0781. The third-order valence-corrected chi connectivity index (χ3v) is 4.21. The number of aromatic nitrogens is 1. The largest absolute Gasteiger partial charge is 0.376 e. The Bertz CT molecular complexity index is 653. The van der Waals surface area contributed by atoms with Crippen molar-refractivity contribution in [1.29, 1.82) is 0 Å². The summed E-state index contributed by atoms with van der Waals surface area (Å²) >= 11 is 5.76. The lowest BCUT2D eigenvalue weighted by Crippen LogP contribution is -2.53. The van der Waals surface area contributed by atoms with Crippen molar-refractivity contribution in [3.8, 4) is 0 Å². The molecular formula is C14H19ClN4O5. The third-order valence-electron chi connectivity index (χ3n) is 3.98. The third kappa shape index (κ3) is 3.03. The van der Waals surface area contributed by atoms with E-state index in [9.17, 15) is 20.3 Å². The number of nitro groups is 1. The van der Waals surface area contributed by atoms with E-state index >= 15 is 0 Å². The number of likely N-dealkylation sites (N-methyl/N-ethyl adjacent to an activating group) is 1. The summed E-state index contributed by atoms with van der Waals surface area (Å²) in [5.74, 6) is -2.13. The molecule has 0 aromatic carbocycles. The van der Waals surface area contributed by atoms with Crippen LogP contribution in [-0.4, -0.2) is 62.6 Å². The minimum atomic E-state index is -2.20. The maximum Gasteiger partial charge on any atom is 0.322 e. The average Bonchev–Trinajstić information content (AvgIpc) is 2.76. The van der Waals surface area contributed by atoms with Crippen LogP contribution in [0.3, 0.4) is 0 Å². The highest BCUT2D eigenvalue weighted by atomic mass is 35.5. The van der Waals surface area contributed by atoms with Crippen molar-refractivity contribution in [2.24, 2.45) is 0 Å². The molecule has 0 saturated carbocycles. The fraction of sp³-hybridized carbons (Fsp3) is 0.500. The summed E-state index contributed by atoms with van der Waals surface area (Å²) < 4.78 is 4.92. The van der Waals surface area contributed by atoms with Gasteiger partial charge in [0.25, 0.3) is 5.91 Å². The predicted molar refractivity (Wildman–Crippen MR) is 85.1 cm³/mol. The molecule has 9 nitrogen and oxygen atoms in total. The topological polar surface area (TPSA) is 112 Å². The van der Waals surface area contributed by atoms with Gasteiger partial charge in [0.1, 0.15) is 5.15 Å². The van der Waals surface area contributed by atoms with Crippen LogP contribution in [0.5, 0.6) is 0 Å². The number of aliphatic hydroxyl groups excluding tert-OH is 1. The molecular weight excluding hydrogens is 340 g/mol. The first kappa shape index (κ1) is 18.4. The first-order chi connectivity index (χ1) is 11.3. The average molecular weight is 359 g/mol. The number of ether oxygens (including phenoxy) is 1. The van der Waals surface area contributed by atoms with Crippen LogP contribution < -0.4 is 0 Å². The van der Waals surface area contributed by atoms with E-state index in [0.717, 1.165) is 10.5 Å². The van der Waals surface area contributed by atoms with Gasteiger partial charge in [-0.05, 0) is 18.6 Å². The van der Waals surface area contributed by atoms with Gasteiger partial charge in [-0.25, -0.2) is 4.98 Å². The number of halogens is 1. The highest BCUT2D eigenvalue weighted by Gasteiger charge is 2.58. The van der Waals surface area contributed by atoms with Crippen LogP contribution in [0, 0.1) is 10.1 Å². The lowest BCUT2D eigenvalue weighted by atomic mass is 10.2. The second kappa shape index (κ2) is 6.89. The zero-order valence-corrected chi connectivity index (χ0v) is 14.3. The molecule has 24 heavy (non-hydrogen) atoms. The molecule has 2 N–H and O–H groups in total. The van der Waals surface area contributed by atoms with Crippen molar-refractivity contribution in [2.75, 3.05) is 20.7 Å². The Balaban J connectivity index is 2.43. The summed E-state index contributed by atoms with van der Waals surface area (Å²) in [6, 6.07) is 3.37. The van der Waals surface area contributed by atoms with Crippen molar-refractivity contribution in [3.05, 3.63) is 50.7 Å². The molecule has 2 rings (SSSR count). The van der Waals surface area contributed by atoms with Gasteiger partial charge in [-0.15, -0.1) is 0 Å². The van der Waals surface area contributed by atoms with E-state index in [1.165, 1.54) is 14.2 Å². The van der Waals surface area contributed by atoms with Crippen LogP contribution >= 0.6 is 11.6 Å². The Kier molecular flexibility index (Phi) is 5.29. The second-order valence-electron chi connectivity index (χ2n) is 5.29. The molecule has 0 saturated heterocycles. The molecule has 10 heteroatoms. The molecule has 1 aliphatic rings. The molecule has 0 spiro atoms. The maximum atomic E-state index is 11.4. The molecule has 2 atom stereocenters. The summed E-state index contributed by atoms with van der Waals surface area (Å²) in [6.07, 6.45) is -0.249. The van der Waals surface area contributed by atoms with Crippen molar-refractivity contribution >= 4 is 11.6 Å². The SMILES string of the molecule is CCN(Cc1ccc(Cl)nc1)C1=C([N+](=O)[O-])C(O)C(O)(OC)N1C. The summed E-state index contributed by atoms with van der Waals surface area (Å²) in [4.78, 5) is 17.5. The molecule has 1 aromatic rings. The van der Waals surface area contributed by atoms with Crippen LogP contribution in [-0.2, 0) is 11.3 Å². The number of hydrogen-bond donors (Lipinski definition) is 2. The van der Waals surface area contributed by atoms with Crippen LogP contribution in [0.25, 0.3) is 0 Å². The smallest absolute Gasteiger partial charge is 0.322 e. The highest BCUT2D eigenvalue weighted by molar-refractivity contribution is 6.29. The zero-order valence-electron chi connectivity index (χ0n) is 13.5. The first-order valence-corrected chi connectivity index (χ1v) is 7.57. The van der Waals surface area contributed by atoms with Gasteiger partial charge in [-0.1, -0.05) is 17.7 Å². The lowest BCUT2D eigenvalue weighted by Gasteiger charge is -2.36. The Hall–Kier alpha value is -1.94. The summed E-state index contributed by atoms with van der Waals surface area (Å²) in [5, 5.41) is 32.4. The lowest BCUT2D eigenvalue weighted by molar-refractivity contribution is -0.444. The van der Waals surface area contributed by atoms with E-state index in [1.807, 2.05) is 0 Å². The van der Waals surface area contributed by atoms with Gasteiger partial charge >= 0.3 is 5.70 Å². The molecule has 2 heterocycles. The van der Waals surface area contributed by atoms with Gasteiger partial charge in [-0.3, -0.25) is 10.1 Å². The first-order valence-electron chi connectivity index (χ1n) is 7.19. The molecule has 0 aliphatic carbocycles. The molecule has 0 amide bonds. The van der Waals surface area contributed by atoms with Gasteiger partial charge in [0.2, 0.25) is 6.10 Å². The normalized spacial score (nSPS) is 23.8. The van der Waals surface area contributed by atoms with E-state index in [4.69, 9.17) is 16.3 Å². The monoisotopic (exact) mass is 358 g/mol. The number of aliphatic hydroxyl groups is 2. The van der Waals surface area contributed by atoms with Crippen molar-refractivity contribution in [3.63, 3.8) is 0 Å². The van der Waals surface area contributed by atoms with Crippen LogP contribution in [0.4, 0.5) is 0 Å². The van der Waals surface area contributed by atoms with Crippen LogP contribution in [0.15, 0.2) is 29.8 Å². The van der Waals surface area contributed by atoms with Crippen LogP contribution in [0.2, 0.25) is 5.15 Å². The number of hydrogen-bond acceptors (Lipinski definition) is 8. The van der Waals surface area contributed by atoms with E-state index in [0.29, 0.717) is 11.7 Å². The Morgan fingerprint density at radius 2 is 2.25 bits per heavy atom. The summed E-state index contributed by atoms with van der Waals surface area (Å²) in [7, 11) is 2.58. The molecule has 0 bridgehead atoms. The molecule has 0 radical (unpaired) electrons. The second-order valence-corrected chi connectivity index (χ2v) is 5.68. The van der Waals surface area contributed by atoms with Gasteiger partial charge in [-0.2, -0.15) is 0 Å². The summed E-state index contributed by atoms with van der Waals surface area (Å²) in [6.45, 7) is 2.48. The minimum Gasteiger partial charge on any atom is -0.376 e. The zero-order chi connectivity index (χ0) is 18.1. The molecule has 2 unspecified atom stereocenters. The quantitative estimate of drug-likeness (QED) is 0.329. The highest BCUT2D eigenvalue weighted by Crippen LogP contribution is 2.37. The van der Waals surface area contributed by atoms with Gasteiger partial charge in [0.15, 0.2) is 5.82 Å². The van der Waals surface area contributed by atoms with E-state index in [1.54, 1.807) is 30.2 Å². The van der Waals surface area contributed by atoms with Crippen molar-refractivity contribution in [1.82, 2.24) is 14.8 Å².